The van der Waals surface area contributed by atoms with Gasteiger partial charge in [-0.05, 0) is 23.8 Å². The normalized spacial score (nSPS) is 11.8. The monoisotopic (exact) mass is 253 g/mol. The second-order valence-corrected chi connectivity index (χ2v) is 3.30. The van der Waals surface area contributed by atoms with Crippen molar-refractivity contribution in [1.82, 2.24) is 0 Å². The molecule has 0 fully saturated rings. The highest BCUT2D eigenvalue weighted by Gasteiger charge is 2.30. The van der Waals surface area contributed by atoms with Gasteiger partial charge in [0.2, 0.25) is 0 Å². The first-order chi connectivity index (χ1) is 5.95. The lowest BCUT2D eigenvalue weighted by Gasteiger charge is -2.08. The lowest BCUT2D eigenvalue weighted by Crippen LogP contribution is -2.05. The van der Waals surface area contributed by atoms with Gasteiger partial charge in [0.25, 0.3) is 0 Å². The van der Waals surface area contributed by atoms with Crippen molar-refractivity contribution >= 4 is 15.9 Å². The Morgan fingerprint density at radius 3 is 2.38 bits per heavy atom. The minimum Gasteiger partial charge on any atom is -0.232 e. The summed E-state index contributed by atoms with van der Waals surface area (Å²) in [6.45, 7) is -0.662. The molecule has 1 radical (unpaired) electrons. The molecule has 0 spiro atoms. The average Bonchev–Trinajstić information content (AvgIpc) is 2.03. The Morgan fingerprint density at radius 1 is 1.31 bits per heavy atom. The molecule has 0 saturated carbocycles. The van der Waals surface area contributed by atoms with Crippen LogP contribution < -0.4 is 0 Å². The molecule has 0 aliphatic carbocycles. The van der Waals surface area contributed by atoms with Crippen LogP contribution in [0.15, 0.2) is 22.7 Å². The summed E-state index contributed by atoms with van der Waals surface area (Å²) in [4.78, 5) is 0. The topological polar surface area (TPSA) is 19.9 Å². The zero-order chi connectivity index (χ0) is 10.1. The maximum atomic E-state index is 12.1. The first-order valence-electron chi connectivity index (χ1n) is 3.39. The number of benzene rings is 1. The van der Waals surface area contributed by atoms with E-state index in [1.54, 1.807) is 0 Å². The third-order valence-corrected chi connectivity index (χ3v) is 2.30. The molecule has 5 heteroatoms. The van der Waals surface area contributed by atoms with Crippen LogP contribution >= 0.6 is 15.9 Å². The van der Waals surface area contributed by atoms with Crippen LogP contribution in [0.5, 0.6) is 0 Å². The summed E-state index contributed by atoms with van der Waals surface area (Å²) in [6, 6.07) is 3.02. The highest BCUT2D eigenvalue weighted by Crippen LogP contribution is 2.31. The minimum atomic E-state index is -4.38. The van der Waals surface area contributed by atoms with Gasteiger partial charge in [-0.3, -0.25) is 0 Å². The van der Waals surface area contributed by atoms with E-state index in [2.05, 4.69) is 15.9 Å². The third kappa shape index (κ3) is 2.45. The molecule has 0 heterocycles. The molecule has 0 aromatic heterocycles. The van der Waals surface area contributed by atoms with Crippen LogP contribution in [0.4, 0.5) is 13.2 Å². The standard InChI is InChI=1S/C8H5BrF3O/c9-7-2-1-6(8(10,11)12)3-5(7)4-13/h1-3H,4H2. The first kappa shape index (κ1) is 10.5. The van der Waals surface area contributed by atoms with Gasteiger partial charge in [-0.2, -0.15) is 13.2 Å². The average molecular weight is 254 g/mol. The van der Waals surface area contributed by atoms with E-state index in [1.807, 2.05) is 0 Å². The van der Waals surface area contributed by atoms with Crippen molar-refractivity contribution in [3.05, 3.63) is 33.8 Å². The van der Waals surface area contributed by atoms with Gasteiger partial charge in [-0.25, -0.2) is 5.11 Å². The SMILES string of the molecule is [O]Cc1cc(C(F)(F)F)ccc1Br. The molecule has 0 unspecified atom stereocenters. The summed E-state index contributed by atoms with van der Waals surface area (Å²) in [5.41, 5.74) is -0.670. The summed E-state index contributed by atoms with van der Waals surface area (Å²) in [5, 5.41) is 10.4. The molecule has 0 bridgehead atoms. The number of alkyl halides is 3. The first-order valence-corrected chi connectivity index (χ1v) is 4.18. The predicted octanol–water partition coefficient (Wildman–Crippen LogP) is 3.40. The molecular formula is C8H5BrF3O. The van der Waals surface area contributed by atoms with Crippen LogP contribution in [0, 0.1) is 0 Å². The molecule has 71 valence electrons. The van der Waals surface area contributed by atoms with Crippen molar-refractivity contribution < 1.29 is 18.3 Å². The van der Waals surface area contributed by atoms with Gasteiger partial charge in [-0.15, -0.1) is 0 Å². The molecule has 0 saturated heterocycles. The molecule has 1 aromatic rings. The quantitative estimate of drug-likeness (QED) is 0.731. The highest BCUT2D eigenvalue weighted by molar-refractivity contribution is 9.10. The van der Waals surface area contributed by atoms with Gasteiger partial charge in [-0.1, -0.05) is 15.9 Å². The van der Waals surface area contributed by atoms with Crippen molar-refractivity contribution in [2.75, 3.05) is 0 Å². The van der Waals surface area contributed by atoms with Crippen LogP contribution in [-0.2, 0) is 17.9 Å². The van der Waals surface area contributed by atoms with Gasteiger partial charge >= 0.3 is 6.18 Å². The molecule has 0 N–H and O–H groups in total. The smallest absolute Gasteiger partial charge is 0.232 e. The van der Waals surface area contributed by atoms with Crippen LogP contribution in [0.3, 0.4) is 0 Å². The van der Waals surface area contributed by atoms with E-state index < -0.39 is 18.3 Å². The van der Waals surface area contributed by atoms with Crippen LogP contribution in [-0.4, -0.2) is 0 Å². The molecular weight excluding hydrogens is 249 g/mol. The van der Waals surface area contributed by atoms with Crippen molar-refractivity contribution in [3.63, 3.8) is 0 Å². The Kier molecular flexibility index (Phi) is 2.98. The largest absolute Gasteiger partial charge is 0.416 e. The Labute approximate surface area is 81.3 Å². The van der Waals surface area contributed by atoms with E-state index >= 15 is 0 Å². The molecule has 13 heavy (non-hydrogen) atoms. The van der Waals surface area contributed by atoms with E-state index in [-0.39, 0.29) is 5.56 Å². The second-order valence-electron chi connectivity index (χ2n) is 2.45. The zero-order valence-electron chi connectivity index (χ0n) is 6.36. The summed E-state index contributed by atoms with van der Waals surface area (Å²) >= 11 is 2.99. The fourth-order valence-electron chi connectivity index (χ4n) is 0.862. The van der Waals surface area contributed by atoms with Crippen molar-refractivity contribution in [2.24, 2.45) is 0 Å². The van der Waals surface area contributed by atoms with Crippen molar-refractivity contribution in [3.8, 4) is 0 Å². The van der Waals surface area contributed by atoms with Crippen LogP contribution in [0.25, 0.3) is 0 Å². The molecule has 1 rings (SSSR count). The Morgan fingerprint density at radius 2 is 1.92 bits per heavy atom. The second kappa shape index (κ2) is 3.67. The number of hydrogen-bond donors (Lipinski definition) is 0. The molecule has 0 atom stereocenters. The Hall–Kier alpha value is -0.550. The maximum Gasteiger partial charge on any atom is 0.416 e. The highest BCUT2D eigenvalue weighted by atomic mass is 79.9. The molecule has 0 aliphatic rings. The van der Waals surface area contributed by atoms with Crippen LogP contribution in [0.2, 0.25) is 0 Å². The third-order valence-electron chi connectivity index (χ3n) is 1.53. The maximum absolute atomic E-state index is 12.1. The summed E-state index contributed by atoms with van der Waals surface area (Å²) < 4.78 is 36.8. The van der Waals surface area contributed by atoms with Gasteiger partial charge in [0, 0.05) is 4.47 Å². The van der Waals surface area contributed by atoms with E-state index in [0.717, 1.165) is 12.1 Å². The Balaban J connectivity index is 3.14. The molecule has 1 aromatic carbocycles. The van der Waals surface area contributed by atoms with Crippen molar-refractivity contribution in [1.29, 1.82) is 0 Å². The van der Waals surface area contributed by atoms with Gasteiger partial charge in [0.15, 0.2) is 0 Å². The zero-order valence-corrected chi connectivity index (χ0v) is 7.95. The van der Waals surface area contributed by atoms with E-state index in [0.29, 0.717) is 4.47 Å². The van der Waals surface area contributed by atoms with Gasteiger partial charge < -0.3 is 0 Å². The van der Waals surface area contributed by atoms with Crippen molar-refractivity contribution in [2.45, 2.75) is 12.8 Å². The van der Waals surface area contributed by atoms with E-state index in [4.69, 9.17) is 0 Å². The number of halogens is 4. The Bertz CT molecular complexity index is 309. The number of rotatable bonds is 1. The summed E-state index contributed by atoms with van der Waals surface area (Å²) in [7, 11) is 0. The minimum absolute atomic E-state index is 0.120. The van der Waals surface area contributed by atoms with E-state index in [9.17, 15) is 18.3 Å². The molecule has 0 aliphatic heterocycles. The predicted molar refractivity (Wildman–Crippen MR) is 43.5 cm³/mol. The lowest BCUT2D eigenvalue weighted by atomic mass is 10.1. The van der Waals surface area contributed by atoms with Gasteiger partial charge in [0.1, 0.15) is 6.61 Å². The fraction of sp³-hybridized carbons (Fsp3) is 0.250. The molecule has 0 amide bonds. The van der Waals surface area contributed by atoms with E-state index in [1.165, 1.54) is 6.07 Å². The fourth-order valence-corrected chi connectivity index (χ4v) is 1.22. The van der Waals surface area contributed by atoms with Crippen LogP contribution in [0.1, 0.15) is 11.1 Å². The summed E-state index contributed by atoms with van der Waals surface area (Å²) in [6.07, 6.45) is -4.38. The van der Waals surface area contributed by atoms with Gasteiger partial charge in [0.05, 0.1) is 5.56 Å². The lowest BCUT2D eigenvalue weighted by molar-refractivity contribution is -0.137. The number of hydrogen-bond acceptors (Lipinski definition) is 0. The summed E-state index contributed by atoms with van der Waals surface area (Å²) in [5.74, 6) is 0. The molecule has 1 nitrogen and oxygen atoms in total.